The van der Waals surface area contributed by atoms with Gasteiger partial charge in [-0.15, -0.1) is 11.3 Å². The first kappa shape index (κ1) is 17.9. The van der Waals surface area contributed by atoms with E-state index in [0.29, 0.717) is 22.5 Å². The third kappa shape index (κ3) is 3.88. The highest BCUT2D eigenvalue weighted by atomic mass is 32.2. The average molecular weight is 376 g/mol. The minimum Gasteiger partial charge on any atom is -0.618 e. The van der Waals surface area contributed by atoms with Crippen molar-refractivity contribution in [2.45, 2.75) is 44.4 Å². The molecular formula is C18H21N3O2S2. The van der Waals surface area contributed by atoms with E-state index in [1.165, 1.54) is 22.8 Å². The molecule has 0 saturated carbocycles. The first-order chi connectivity index (χ1) is 12.0. The molecule has 25 heavy (non-hydrogen) atoms. The number of aromatic nitrogens is 3. The molecule has 3 heterocycles. The number of rotatable bonds is 6. The predicted octanol–water partition coefficient (Wildman–Crippen LogP) is 3.81. The lowest BCUT2D eigenvalue weighted by Gasteiger charge is -2.08. The number of nitrogens with zero attached hydrogens (tertiary/aromatic N) is 2. The van der Waals surface area contributed by atoms with Gasteiger partial charge in [0.2, 0.25) is 0 Å². The Bertz CT molecular complexity index is 949. The van der Waals surface area contributed by atoms with Gasteiger partial charge in [0.25, 0.3) is 10.6 Å². The van der Waals surface area contributed by atoms with Crippen LogP contribution in [0.4, 0.5) is 0 Å². The summed E-state index contributed by atoms with van der Waals surface area (Å²) in [7, 11) is 0. The van der Waals surface area contributed by atoms with Crippen molar-refractivity contribution in [2.75, 3.05) is 0 Å². The van der Waals surface area contributed by atoms with Gasteiger partial charge in [0.15, 0.2) is 6.20 Å². The number of hydrogen-bond acceptors (Lipinski definition) is 5. The maximum atomic E-state index is 12.6. The average Bonchev–Trinajstić information content (AvgIpc) is 2.90. The van der Waals surface area contributed by atoms with Crippen LogP contribution in [0.3, 0.4) is 0 Å². The van der Waals surface area contributed by atoms with Gasteiger partial charge in [0, 0.05) is 17.0 Å². The Hall–Kier alpha value is -1.86. The maximum Gasteiger partial charge on any atom is 0.259 e. The Morgan fingerprint density at radius 3 is 2.96 bits per heavy atom. The number of H-pyrrole nitrogens is 1. The molecule has 3 rings (SSSR count). The van der Waals surface area contributed by atoms with E-state index in [0.717, 1.165) is 33.4 Å². The molecule has 0 spiro atoms. The molecule has 0 bridgehead atoms. The number of thioether (sulfide) groups is 1. The molecule has 3 aromatic heterocycles. The van der Waals surface area contributed by atoms with Gasteiger partial charge in [-0.25, -0.2) is 4.98 Å². The Morgan fingerprint density at radius 2 is 2.24 bits per heavy atom. The molecule has 0 aliphatic rings. The fourth-order valence-electron chi connectivity index (χ4n) is 2.69. The Labute approximate surface area is 154 Å². The number of hydrogen-bond donors (Lipinski definition) is 1. The van der Waals surface area contributed by atoms with E-state index in [2.05, 4.69) is 30.7 Å². The standard InChI is InChI=1S/C18H21N3O2S2/c1-4-11(2)9-13-12(3)25-18-16(13)17(22)19-14(20-18)10-24-15-7-5-6-8-21(15)23/h5-8,11H,4,9-10H2,1-3H3,(H,19,20,22)/t11-/m1/s1. The Balaban J connectivity index is 1.90. The van der Waals surface area contributed by atoms with Gasteiger partial charge in [0.1, 0.15) is 10.7 Å². The first-order valence-corrected chi connectivity index (χ1v) is 10.1. The van der Waals surface area contributed by atoms with Crippen molar-refractivity contribution in [2.24, 2.45) is 5.92 Å². The summed E-state index contributed by atoms with van der Waals surface area (Å²) in [5.41, 5.74) is 1.05. The maximum absolute atomic E-state index is 12.6. The van der Waals surface area contributed by atoms with Gasteiger partial charge in [-0.1, -0.05) is 20.3 Å². The molecule has 0 saturated heterocycles. The molecule has 1 atom stereocenters. The van der Waals surface area contributed by atoms with Crippen molar-refractivity contribution in [1.29, 1.82) is 0 Å². The number of pyridine rings is 1. The lowest BCUT2D eigenvalue weighted by molar-refractivity contribution is -0.645. The van der Waals surface area contributed by atoms with Gasteiger partial charge in [-0.2, -0.15) is 4.73 Å². The van der Waals surface area contributed by atoms with Crippen molar-refractivity contribution in [3.05, 3.63) is 56.2 Å². The van der Waals surface area contributed by atoms with E-state index in [4.69, 9.17) is 0 Å². The number of fused-ring (bicyclic) bond motifs is 1. The van der Waals surface area contributed by atoms with Crippen LogP contribution in [0.5, 0.6) is 0 Å². The highest BCUT2D eigenvalue weighted by molar-refractivity contribution is 7.98. The normalized spacial score (nSPS) is 12.6. The molecule has 0 aliphatic heterocycles. The summed E-state index contributed by atoms with van der Waals surface area (Å²) in [6, 6.07) is 5.27. The van der Waals surface area contributed by atoms with Gasteiger partial charge in [-0.05, 0) is 42.7 Å². The van der Waals surface area contributed by atoms with E-state index in [-0.39, 0.29) is 5.56 Å². The van der Waals surface area contributed by atoms with Crippen LogP contribution in [0.1, 0.15) is 36.5 Å². The topological polar surface area (TPSA) is 72.7 Å². The number of thiophene rings is 1. The molecule has 5 nitrogen and oxygen atoms in total. The number of aromatic amines is 1. The second-order valence-corrected chi connectivity index (χ2v) is 8.40. The summed E-state index contributed by atoms with van der Waals surface area (Å²) in [4.78, 5) is 22.1. The molecule has 0 aliphatic carbocycles. The zero-order valence-corrected chi connectivity index (χ0v) is 16.2. The molecule has 7 heteroatoms. The van der Waals surface area contributed by atoms with Gasteiger partial charge >= 0.3 is 0 Å². The smallest absolute Gasteiger partial charge is 0.259 e. The van der Waals surface area contributed by atoms with Gasteiger partial charge in [-0.3, -0.25) is 4.79 Å². The van der Waals surface area contributed by atoms with Crippen LogP contribution in [-0.2, 0) is 12.2 Å². The highest BCUT2D eigenvalue weighted by Gasteiger charge is 2.17. The van der Waals surface area contributed by atoms with Crippen molar-refractivity contribution in [1.82, 2.24) is 9.97 Å². The van der Waals surface area contributed by atoms with E-state index in [9.17, 15) is 10.0 Å². The molecule has 0 amide bonds. The minimum absolute atomic E-state index is 0.0775. The number of nitrogens with one attached hydrogen (secondary N) is 1. The molecule has 132 valence electrons. The monoisotopic (exact) mass is 375 g/mol. The second kappa shape index (κ2) is 7.58. The van der Waals surface area contributed by atoms with Crippen LogP contribution < -0.4 is 10.3 Å². The summed E-state index contributed by atoms with van der Waals surface area (Å²) in [6.45, 7) is 6.42. The summed E-state index contributed by atoms with van der Waals surface area (Å²) in [5.74, 6) is 1.59. The zero-order valence-electron chi connectivity index (χ0n) is 14.5. The van der Waals surface area contributed by atoms with E-state index >= 15 is 0 Å². The molecule has 0 unspecified atom stereocenters. The zero-order chi connectivity index (χ0) is 18.0. The van der Waals surface area contributed by atoms with Gasteiger partial charge < -0.3 is 10.2 Å². The summed E-state index contributed by atoms with van der Waals surface area (Å²) in [5, 5.41) is 13.0. The van der Waals surface area contributed by atoms with Crippen LogP contribution in [0.25, 0.3) is 10.2 Å². The lowest BCUT2D eigenvalue weighted by Crippen LogP contribution is -2.27. The molecule has 0 aromatic carbocycles. The van der Waals surface area contributed by atoms with E-state index < -0.39 is 0 Å². The van der Waals surface area contributed by atoms with Crippen LogP contribution in [0.15, 0.2) is 34.2 Å². The predicted molar refractivity (Wildman–Crippen MR) is 103 cm³/mol. The van der Waals surface area contributed by atoms with Crippen molar-refractivity contribution in [3.63, 3.8) is 0 Å². The van der Waals surface area contributed by atoms with Crippen LogP contribution in [-0.4, -0.2) is 9.97 Å². The third-order valence-corrected chi connectivity index (χ3v) is 6.38. The summed E-state index contributed by atoms with van der Waals surface area (Å²) >= 11 is 2.94. The highest BCUT2D eigenvalue weighted by Crippen LogP contribution is 2.30. The Kier molecular flexibility index (Phi) is 5.44. The third-order valence-electron chi connectivity index (χ3n) is 4.31. The van der Waals surface area contributed by atoms with E-state index in [1.807, 2.05) is 6.07 Å². The first-order valence-electron chi connectivity index (χ1n) is 8.31. The largest absolute Gasteiger partial charge is 0.618 e. The van der Waals surface area contributed by atoms with Crippen molar-refractivity contribution < 1.29 is 4.73 Å². The molecule has 0 radical (unpaired) electrons. The lowest BCUT2D eigenvalue weighted by atomic mass is 9.98. The van der Waals surface area contributed by atoms with Crippen molar-refractivity contribution >= 4 is 33.3 Å². The van der Waals surface area contributed by atoms with Crippen LogP contribution >= 0.6 is 23.1 Å². The van der Waals surface area contributed by atoms with Crippen LogP contribution in [0, 0.1) is 18.0 Å². The van der Waals surface area contributed by atoms with Gasteiger partial charge in [0.05, 0.1) is 11.1 Å². The summed E-state index contributed by atoms with van der Waals surface area (Å²) < 4.78 is 0.820. The van der Waals surface area contributed by atoms with E-state index in [1.54, 1.807) is 23.5 Å². The molecule has 0 fully saturated rings. The summed E-state index contributed by atoms with van der Waals surface area (Å²) in [6.07, 6.45) is 3.45. The fourth-order valence-corrected chi connectivity index (χ4v) is 4.55. The number of aryl methyl sites for hydroxylation is 1. The van der Waals surface area contributed by atoms with Crippen LogP contribution in [0.2, 0.25) is 0 Å². The Morgan fingerprint density at radius 1 is 1.44 bits per heavy atom. The fraction of sp³-hybridized carbons (Fsp3) is 0.389. The SMILES string of the molecule is CC[C@@H](C)Cc1c(C)sc2nc(CSc3cccc[n+]3[O-])[nH]c(=O)c12. The molecule has 3 aromatic rings. The quantitative estimate of drug-likeness (QED) is 0.404. The molecular weight excluding hydrogens is 354 g/mol. The second-order valence-electron chi connectivity index (χ2n) is 6.20. The molecule has 1 N–H and O–H groups in total. The minimum atomic E-state index is -0.0775. The van der Waals surface area contributed by atoms with Crippen molar-refractivity contribution in [3.8, 4) is 0 Å².